The second-order valence-electron chi connectivity index (χ2n) is 4.98. The molecule has 0 aliphatic carbocycles. The largest absolute Gasteiger partial charge is 0.129 e. The van der Waals surface area contributed by atoms with E-state index in [-0.39, 0.29) is 0 Å². The lowest BCUT2D eigenvalue weighted by molar-refractivity contribution is 1.74. The molecule has 2 heterocycles. The lowest BCUT2D eigenvalue weighted by Crippen LogP contribution is -1.56. The standard InChI is InChI=1S/C22H22S4/c1-23-21-17-15-19(25-21)13-11-9-7-5-3-4-6-8-10-12-14-20-16-18-22(24-2)26-20/h3-18H,1-2H3/b5-3+,6-4+,9-7+,10-8+,13-11+,14-12+. The Hall–Kier alpha value is -1.46. The molecule has 0 radical (unpaired) electrons. The zero-order chi connectivity index (χ0) is 18.5. The maximum absolute atomic E-state index is 2.16. The Kier molecular flexibility index (Phi) is 10.3. The number of thioether (sulfide) groups is 2. The van der Waals surface area contributed by atoms with Crippen molar-refractivity contribution in [2.75, 3.05) is 12.5 Å². The molecule has 134 valence electrons. The van der Waals surface area contributed by atoms with Crippen LogP contribution in [0.2, 0.25) is 0 Å². The number of thiophene rings is 2. The molecule has 2 aromatic heterocycles. The Morgan fingerprint density at radius 1 is 0.538 bits per heavy atom. The van der Waals surface area contributed by atoms with E-state index >= 15 is 0 Å². The molecule has 26 heavy (non-hydrogen) atoms. The Bertz CT molecular complexity index is 756. The molecule has 0 atom stereocenters. The highest BCUT2D eigenvalue weighted by molar-refractivity contribution is 8.00. The Balaban J connectivity index is 1.67. The molecule has 0 saturated carbocycles. The van der Waals surface area contributed by atoms with Crippen LogP contribution in [0.5, 0.6) is 0 Å². The molecule has 0 saturated heterocycles. The predicted octanol–water partition coefficient (Wildman–Crippen LogP) is 8.20. The Morgan fingerprint density at radius 3 is 1.19 bits per heavy atom. The minimum Gasteiger partial charge on any atom is -0.129 e. The van der Waals surface area contributed by atoms with E-state index in [4.69, 9.17) is 0 Å². The molecule has 0 N–H and O–H groups in total. The van der Waals surface area contributed by atoms with Gasteiger partial charge in [0.25, 0.3) is 0 Å². The highest BCUT2D eigenvalue weighted by Gasteiger charge is 1.94. The van der Waals surface area contributed by atoms with Gasteiger partial charge in [0.1, 0.15) is 0 Å². The van der Waals surface area contributed by atoms with Gasteiger partial charge in [-0.15, -0.1) is 46.2 Å². The molecule has 0 nitrogen and oxygen atoms in total. The highest BCUT2D eigenvalue weighted by Crippen LogP contribution is 2.26. The number of rotatable bonds is 9. The zero-order valence-corrected chi connectivity index (χ0v) is 18.1. The van der Waals surface area contributed by atoms with E-state index in [1.807, 2.05) is 71.3 Å². The Morgan fingerprint density at radius 2 is 0.885 bits per heavy atom. The molecular weight excluding hydrogens is 393 g/mol. The first kappa shape index (κ1) is 20.8. The van der Waals surface area contributed by atoms with Crippen LogP contribution >= 0.6 is 46.2 Å². The summed E-state index contributed by atoms with van der Waals surface area (Å²) < 4.78 is 2.70. The summed E-state index contributed by atoms with van der Waals surface area (Å²) in [6.45, 7) is 0. The first-order valence-electron chi connectivity index (χ1n) is 8.11. The van der Waals surface area contributed by atoms with Gasteiger partial charge in [-0.25, -0.2) is 0 Å². The van der Waals surface area contributed by atoms with E-state index in [1.165, 1.54) is 18.2 Å². The van der Waals surface area contributed by atoms with Gasteiger partial charge < -0.3 is 0 Å². The van der Waals surface area contributed by atoms with Crippen molar-refractivity contribution in [1.29, 1.82) is 0 Å². The summed E-state index contributed by atoms with van der Waals surface area (Å²) in [5, 5.41) is 0. The molecule has 0 aliphatic rings. The van der Waals surface area contributed by atoms with E-state index in [0.717, 1.165) is 0 Å². The molecule has 0 fully saturated rings. The van der Waals surface area contributed by atoms with Gasteiger partial charge in [0.2, 0.25) is 0 Å². The van der Waals surface area contributed by atoms with Crippen LogP contribution in [0.1, 0.15) is 9.75 Å². The summed E-state index contributed by atoms with van der Waals surface area (Å²) >= 11 is 7.20. The van der Waals surface area contributed by atoms with E-state index < -0.39 is 0 Å². The van der Waals surface area contributed by atoms with Gasteiger partial charge in [-0.2, -0.15) is 0 Å². The fraction of sp³-hybridized carbons (Fsp3) is 0.0909. The second kappa shape index (κ2) is 12.8. The van der Waals surface area contributed by atoms with E-state index in [0.29, 0.717) is 0 Å². The van der Waals surface area contributed by atoms with Crippen molar-refractivity contribution < 1.29 is 0 Å². The average molecular weight is 415 g/mol. The third kappa shape index (κ3) is 8.28. The van der Waals surface area contributed by atoms with E-state index in [1.54, 1.807) is 23.5 Å². The molecule has 0 spiro atoms. The number of hydrogen-bond acceptors (Lipinski definition) is 4. The van der Waals surface area contributed by atoms with Crippen LogP contribution in [0.3, 0.4) is 0 Å². The lowest BCUT2D eigenvalue weighted by atomic mass is 10.3. The van der Waals surface area contributed by atoms with Crippen LogP contribution in [-0.2, 0) is 0 Å². The van der Waals surface area contributed by atoms with Crippen LogP contribution < -0.4 is 0 Å². The average Bonchev–Trinajstić information content (AvgIpc) is 3.31. The molecular formula is C22H22S4. The van der Waals surface area contributed by atoms with Gasteiger partial charge in [0.15, 0.2) is 0 Å². The minimum atomic E-state index is 1.29. The summed E-state index contributed by atoms with van der Waals surface area (Å²) in [4.78, 5) is 2.57. The molecule has 0 amide bonds. The fourth-order valence-electron chi connectivity index (χ4n) is 1.88. The van der Waals surface area contributed by atoms with Crippen LogP contribution in [0.15, 0.2) is 93.4 Å². The molecule has 2 aromatic rings. The Labute approximate surface area is 173 Å². The summed E-state index contributed by atoms with van der Waals surface area (Å²) in [5.74, 6) is 0. The van der Waals surface area contributed by atoms with Crippen molar-refractivity contribution in [2.45, 2.75) is 8.42 Å². The van der Waals surface area contributed by atoms with Crippen molar-refractivity contribution in [2.24, 2.45) is 0 Å². The van der Waals surface area contributed by atoms with Gasteiger partial charge in [-0.1, -0.05) is 60.8 Å². The van der Waals surface area contributed by atoms with Crippen molar-refractivity contribution in [1.82, 2.24) is 0 Å². The maximum Gasteiger partial charge on any atom is 0.0602 e. The SMILES string of the molecule is CSc1ccc(/C=C/C=C/C=C/C=C/C=C/C=C/c2ccc(SC)s2)s1. The molecule has 0 aromatic carbocycles. The van der Waals surface area contributed by atoms with Crippen LogP contribution in [0.4, 0.5) is 0 Å². The number of hydrogen-bond donors (Lipinski definition) is 0. The van der Waals surface area contributed by atoms with E-state index in [2.05, 4.69) is 61.1 Å². The van der Waals surface area contributed by atoms with Gasteiger partial charge in [-0.05, 0) is 48.9 Å². The second-order valence-corrected chi connectivity index (χ2v) is 9.42. The topological polar surface area (TPSA) is 0 Å². The van der Waals surface area contributed by atoms with Gasteiger partial charge in [-0.3, -0.25) is 0 Å². The third-order valence-electron chi connectivity index (χ3n) is 3.13. The van der Waals surface area contributed by atoms with Crippen molar-refractivity contribution in [3.05, 3.63) is 94.8 Å². The first-order valence-corrected chi connectivity index (χ1v) is 12.2. The third-order valence-corrected chi connectivity index (χ3v) is 7.39. The lowest BCUT2D eigenvalue weighted by Gasteiger charge is -1.83. The summed E-state index contributed by atoms with van der Waals surface area (Å²) in [6, 6.07) is 8.63. The zero-order valence-electron chi connectivity index (χ0n) is 14.9. The summed E-state index contributed by atoms with van der Waals surface area (Å²) in [6.07, 6.45) is 28.9. The first-order chi connectivity index (χ1) is 12.8. The normalized spacial score (nSPS) is 13.2. The molecule has 0 unspecified atom stereocenters. The van der Waals surface area contributed by atoms with Gasteiger partial charge in [0, 0.05) is 9.75 Å². The molecule has 0 aliphatic heterocycles. The van der Waals surface area contributed by atoms with Gasteiger partial charge in [0.05, 0.1) is 8.42 Å². The predicted molar refractivity (Wildman–Crippen MR) is 127 cm³/mol. The summed E-state index contributed by atoms with van der Waals surface area (Å²) in [7, 11) is 0. The van der Waals surface area contributed by atoms with Crippen LogP contribution in [0, 0.1) is 0 Å². The molecule has 2 rings (SSSR count). The molecule has 4 heteroatoms. The smallest absolute Gasteiger partial charge is 0.0602 e. The van der Waals surface area contributed by atoms with Crippen molar-refractivity contribution >= 4 is 58.3 Å². The number of allylic oxidation sites excluding steroid dienone is 10. The summed E-state index contributed by atoms with van der Waals surface area (Å²) in [5.41, 5.74) is 0. The van der Waals surface area contributed by atoms with E-state index in [9.17, 15) is 0 Å². The monoisotopic (exact) mass is 414 g/mol. The quantitative estimate of drug-likeness (QED) is 0.299. The minimum absolute atomic E-state index is 1.29. The van der Waals surface area contributed by atoms with Crippen LogP contribution in [-0.4, -0.2) is 12.5 Å². The van der Waals surface area contributed by atoms with Gasteiger partial charge >= 0.3 is 0 Å². The fourth-order valence-corrected chi connectivity index (χ4v) is 4.84. The van der Waals surface area contributed by atoms with Crippen LogP contribution in [0.25, 0.3) is 12.2 Å². The molecule has 0 bridgehead atoms. The maximum atomic E-state index is 2.16. The van der Waals surface area contributed by atoms with Crippen molar-refractivity contribution in [3.8, 4) is 0 Å². The highest BCUT2D eigenvalue weighted by atomic mass is 32.2. The van der Waals surface area contributed by atoms with Crippen molar-refractivity contribution in [3.63, 3.8) is 0 Å².